The van der Waals surface area contributed by atoms with Crippen LogP contribution in [0.25, 0.3) is 0 Å². The number of alkyl halides is 1. The van der Waals surface area contributed by atoms with Gasteiger partial charge in [-0.15, -0.1) is 0 Å². The summed E-state index contributed by atoms with van der Waals surface area (Å²) in [5, 5.41) is 0. The molecule has 38 heavy (non-hydrogen) atoms. The lowest BCUT2D eigenvalue weighted by Crippen LogP contribution is -2.64. The first-order valence-electron chi connectivity index (χ1n) is 14.6. The summed E-state index contributed by atoms with van der Waals surface area (Å²) in [7, 11) is 1.51. The molecule has 212 valence electrons. The highest BCUT2D eigenvalue weighted by molar-refractivity contribution is 9.10. The minimum Gasteiger partial charge on any atom is -0.469 e. The van der Waals surface area contributed by atoms with Gasteiger partial charge in [0, 0.05) is 16.7 Å². The average molecular weight is 592 g/mol. The molecule has 4 aliphatic carbocycles. The molecular weight excluding hydrogens is 544 g/mol. The predicted molar refractivity (Wildman–Crippen MR) is 151 cm³/mol. The van der Waals surface area contributed by atoms with Gasteiger partial charge in [0.05, 0.1) is 12.5 Å². The van der Waals surface area contributed by atoms with E-state index in [1.165, 1.54) is 7.11 Å². The van der Waals surface area contributed by atoms with E-state index in [2.05, 4.69) is 71.3 Å². The highest BCUT2D eigenvalue weighted by Crippen LogP contribution is 2.76. The summed E-state index contributed by atoms with van der Waals surface area (Å²) in [6.07, 6.45) is 8.71. The maximum atomic E-state index is 13.8. The van der Waals surface area contributed by atoms with Crippen LogP contribution < -0.4 is 0 Å². The average Bonchev–Trinajstić information content (AvgIpc) is 3.56. The Labute approximate surface area is 237 Å². The second kappa shape index (κ2) is 8.27. The molecule has 0 bridgehead atoms. The molecule has 6 heteroatoms. The molecule has 1 saturated heterocycles. The monoisotopic (exact) mass is 590 g/mol. The predicted octanol–water partition coefficient (Wildman–Crippen LogP) is 7.20. The fraction of sp³-hybridized carbons (Fsp3) is 0.844. The van der Waals surface area contributed by atoms with Crippen LogP contribution in [0.5, 0.6) is 0 Å². The number of fused-ring (bicyclic) bond motifs is 5. The standard InChI is InChI=1S/C32H47BrO5/c1-19-20(34)18-22-29(7,11-10-21-27(4,5)23(35)32(33)24(38-32)30(21,22)8)28(19,6)14-17-31(25(36)37-9)15-12-26(2,3)13-16-31/h18-19,21,24H,10-17H2,1-9H3/t19?,21-,24+,28+,29+,30-,32-/m0/s1. The number of rotatable bonds is 4. The lowest BCUT2D eigenvalue weighted by molar-refractivity contribution is -0.159. The Bertz CT molecular complexity index is 1110. The van der Waals surface area contributed by atoms with Crippen LogP contribution in [0.1, 0.15) is 107 Å². The first kappa shape index (κ1) is 28.5. The van der Waals surface area contributed by atoms with Gasteiger partial charge in [0.2, 0.25) is 4.51 Å². The lowest BCUT2D eigenvalue weighted by atomic mass is 9.38. The van der Waals surface area contributed by atoms with Crippen LogP contribution in [0.15, 0.2) is 11.6 Å². The zero-order valence-electron chi connectivity index (χ0n) is 24.9. The van der Waals surface area contributed by atoms with Crippen LogP contribution in [0.3, 0.4) is 0 Å². The van der Waals surface area contributed by atoms with E-state index in [0.717, 1.165) is 56.9 Å². The van der Waals surface area contributed by atoms with Crippen molar-refractivity contribution < 1.29 is 23.9 Å². The minimum absolute atomic E-state index is 0.0917. The fourth-order valence-electron chi connectivity index (χ4n) is 9.64. The molecule has 1 heterocycles. The van der Waals surface area contributed by atoms with Crippen molar-refractivity contribution in [3.05, 3.63) is 11.6 Å². The Hall–Kier alpha value is -1.01. The first-order chi connectivity index (χ1) is 17.4. The summed E-state index contributed by atoms with van der Waals surface area (Å²) in [5.41, 5.74) is -0.630. The van der Waals surface area contributed by atoms with Gasteiger partial charge in [-0.1, -0.05) is 61.0 Å². The van der Waals surface area contributed by atoms with Gasteiger partial charge in [-0.3, -0.25) is 14.4 Å². The molecule has 1 aliphatic heterocycles. The smallest absolute Gasteiger partial charge is 0.311 e. The van der Waals surface area contributed by atoms with E-state index in [9.17, 15) is 14.4 Å². The van der Waals surface area contributed by atoms with Crippen molar-refractivity contribution in [2.45, 2.75) is 117 Å². The number of halogens is 1. The van der Waals surface area contributed by atoms with Crippen LogP contribution in [0, 0.1) is 44.3 Å². The largest absolute Gasteiger partial charge is 0.469 e. The van der Waals surface area contributed by atoms with Crippen molar-refractivity contribution in [2.75, 3.05) is 7.11 Å². The molecule has 0 spiro atoms. The number of esters is 1. The number of ether oxygens (including phenoxy) is 2. The van der Waals surface area contributed by atoms with Crippen molar-refractivity contribution in [1.29, 1.82) is 0 Å². The van der Waals surface area contributed by atoms with Gasteiger partial charge < -0.3 is 9.47 Å². The van der Waals surface area contributed by atoms with Crippen LogP contribution in [-0.4, -0.2) is 35.3 Å². The molecule has 5 nitrogen and oxygen atoms in total. The molecule has 0 aromatic carbocycles. The molecule has 1 unspecified atom stereocenters. The van der Waals surface area contributed by atoms with E-state index >= 15 is 0 Å². The number of carbonyl (C=O) groups excluding carboxylic acids is 3. The van der Waals surface area contributed by atoms with E-state index in [4.69, 9.17) is 9.47 Å². The molecule has 0 aromatic heterocycles. The summed E-state index contributed by atoms with van der Waals surface area (Å²) < 4.78 is 10.6. The second-order valence-electron chi connectivity index (χ2n) is 15.4. The maximum Gasteiger partial charge on any atom is 0.311 e. The highest BCUT2D eigenvalue weighted by Gasteiger charge is 2.80. The molecule has 3 saturated carbocycles. The first-order valence-corrected chi connectivity index (χ1v) is 15.4. The summed E-state index contributed by atoms with van der Waals surface area (Å²) >= 11 is 3.68. The summed E-state index contributed by atoms with van der Waals surface area (Å²) in [6.45, 7) is 17.6. The van der Waals surface area contributed by atoms with Crippen molar-refractivity contribution in [3.63, 3.8) is 0 Å². The van der Waals surface area contributed by atoms with Crippen LogP contribution >= 0.6 is 15.9 Å². The quantitative estimate of drug-likeness (QED) is 0.196. The number of ketones is 2. The van der Waals surface area contributed by atoms with E-state index in [-0.39, 0.29) is 51.7 Å². The SMILES string of the molecule is COC(=O)C1(CC[C@]2(C)C(C)C(=O)C=C3[C@@]4(C)[C@H]5O[C@@]5(Br)C(=O)C(C)(C)[C@@H]4CC[C@]32C)CCC(C)(C)CC1. The molecule has 7 atom stereocenters. The van der Waals surface area contributed by atoms with Crippen LogP contribution in [0.4, 0.5) is 0 Å². The lowest BCUT2D eigenvalue weighted by Gasteiger charge is -2.65. The number of hydrogen-bond donors (Lipinski definition) is 0. The summed E-state index contributed by atoms with van der Waals surface area (Å²) in [5.74, 6) is 0.145. The number of epoxide rings is 1. The Kier molecular flexibility index (Phi) is 6.21. The number of allylic oxidation sites excluding steroid dienone is 1. The van der Waals surface area contributed by atoms with E-state index < -0.39 is 20.8 Å². The third-order valence-corrected chi connectivity index (χ3v) is 13.9. The number of hydrogen-bond acceptors (Lipinski definition) is 5. The van der Waals surface area contributed by atoms with Gasteiger partial charge in [0.15, 0.2) is 11.6 Å². The van der Waals surface area contributed by atoms with Crippen LogP contribution in [0.2, 0.25) is 0 Å². The third-order valence-electron chi connectivity index (χ3n) is 12.9. The highest BCUT2D eigenvalue weighted by atomic mass is 79.9. The molecule has 0 aromatic rings. The minimum atomic E-state index is -0.951. The molecule has 0 radical (unpaired) electrons. The molecule has 0 N–H and O–H groups in total. The zero-order chi connectivity index (χ0) is 28.3. The van der Waals surface area contributed by atoms with Gasteiger partial charge in [0.1, 0.15) is 6.10 Å². The fourth-order valence-corrected chi connectivity index (χ4v) is 10.8. The van der Waals surface area contributed by atoms with E-state index in [1.54, 1.807) is 0 Å². The second-order valence-corrected chi connectivity index (χ2v) is 16.6. The summed E-state index contributed by atoms with van der Waals surface area (Å²) in [4.78, 5) is 40.5. The number of carbonyl (C=O) groups is 3. The normalized spacial score (nSPS) is 46.3. The summed E-state index contributed by atoms with van der Waals surface area (Å²) in [6, 6.07) is 0. The molecule has 5 aliphatic rings. The Morgan fingerprint density at radius 3 is 2.18 bits per heavy atom. The van der Waals surface area contributed by atoms with Crippen molar-refractivity contribution in [2.24, 2.45) is 44.3 Å². The van der Waals surface area contributed by atoms with Gasteiger partial charge in [-0.05, 0) is 95.5 Å². The third kappa shape index (κ3) is 3.47. The molecule has 0 amide bonds. The van der Waals surface area contributed by atoms with Gasteiger partial charge in [0.25, 0.3) is 0 Å². The Morgan fingerprint density at radius 2 is 1.61 bits per heavy atom. The molecule has 5 rings (SSSR count). The van der Waals surface area contributed by atoms with Crippen molar-refractivity contribution >= 4 is 33.5 Å². The Balaban J connectivity index is 1.54. The van der Waals surface area contributed by atoms with Crippen molar-refractivity contribution in [3.8, 4) is 0 Å². The molecule has 4 fully saturated rings. The zero-order valence-corrected chi connectivity index (χ0v) is 26.5. The van der Waals surface area contributed by atoms with Gasteiger partial charge in [-0.25, -0.2) is 0 Å². The number of Topliss-reactive ketones (excluding diaryl/α,β-unsaturated/α-hetero) is 1. The van der Waals surface area contributed by atoms with E-state index in [0.29, 0.717) is 0 Å². The molecular formula is C32H47BrO5. The number of methoxy groups -OCH3 is 1. The van der Waals surface area contributed by atoms with E-state index in [1.807, 2.05) is 6.08 Å². The van der Waals surface area contributed by atoms with Crippen LogP contribution in [-0.2, 0) is 23.9 Å². The van der Waals surface area contributed by atoms with Gasteiger partial charge >= 0.3 is 5.97 Å². The Morgan fingerprint density at radius 1 is 1.00 bits per heavy atom. The van der Waals surface area contributed by atoms with Crippen molar-refractivity contribution in [1.82, 2.24) is 0 Å². The topological polar surface area (TPSA) is 73.0 Å². The maximum absolute atomic E-state index is 13.8. The van der Waals surface area contributed by atoms with Gasteiger partial charge in [-0.2, -0.15) is 0 Å².